The zero-order chi connectivity index (χ0) is 62.9. The quantitative estimate of drug-likeness (QED) is 0.0371. The first-order valence-corrected chi connectivity index (χ1v) is 32.5. The third-order valence-corrected chi connectivity index (χ3v) is 18.8. The summed E-state index contributed by atoms with van der Waals surface area (Å²) >= 11 is 15.4. The molecule has 0 radical (unpaired) electrons. The summed E-state index contributed by atoms with van der Waals surface area (Å²) in [7, 11) is -5.07. The van der Waals surface area contributed by atoms with E-state index in [0.29, 0.717) is 83.5 Å². The molecule has 6 N–H and O–H groups in total. The predicted molar refractivity (Wildman–Crippen MR) is 316 cm³/mol. The Hall–Kier alpha value is -3.36. The molecule has 4 aromatic rings. The first-order valence-electron chi connectivity index (χ1n) is 27.2. The van der Waals surface area contributed by atoms with Crippen molar-refractivity contribution >= 4 is 83.6 Å². The van der Waals surface area contributed by atoms with Crippen LogP contribution in [0.15, 0.2) is 0 Å². The van der Waals surface area contributed by atoms with Gasteiger partial charge in [-0.2, -0.15) is 0 Å². The molecule has 6 heterocycles. The van der Waals surface area contributed by atoms with Gasteiger partial charge in [0.2, 0.25) is 21.9 Å². The van der Waals surface area contributed by atoms with Gasteiger partial charge in [-0.1, -0.05) is 59.7 Å². The Morgan fingerprint density at radius 1 is 0.631 bits per heavy atom. The van der Waals surface area contributed by atoms with Gasteiger partial charge in [0, 0.05) is 40.4 Å². The van der Waals surface area contributed by atoms with Crippen molar-refractivity contribution in [3.05, 3.63) is 43.4 Å². The molecule has 476 valence electrons. The first kappa shape index (κ1) is 71.4. The number of halogens is 2. The number of methoxy groups -OCH3 is 2. The number of ether oxygens (including phenoxy) is 2. The number of carbonyl (C=O) groups excluding carboxylic acids is 2. The molecule has 6 rings (SSSR count). The minimum Gasteiger partial charge on any atom is -0.393 e. The monoisotopic (exact) mass is 1300 g/mol. The van der Waals surface area contributed by atoms with Crippen LogP contribution in [-0.4, -0.2) is 172 Å². The van der Waals surface area contributed by atoms with Crippen LogP contribution in [0.4, 0.5) is 10.3 Å². The van der Waals surface area contributed by atoms with E-state index in [0.717, 1.165) is 0 Å². The molecular formula is C50H84Cl2N12O16P2S2. The maximum atomic E-state index is 13.6. The largest absolute Gasteiger partial charge is 0.477 e. The lowest BCUT2D eigenvalue weighted by molar-refractivity contribution is -0.00826. The maximum Gasteiger partial charge on any atom is 0.477 e. The van der Waals surface area contributed by atoms with E-state index >= 15 is 0 Å². The predicted octanol–water partition coefficient (Wildman–Crippen LogP) is 7.42. The van der Waals surface area contributed by atoms with Crippen molar-refractivity contribution in [3.63, 3.8) is 0 Å². The Bertz CT molecular complexity index is 2780. The summed E-state index contributed by atoms with van der Waals surface area (Å²) in [6, 6.07) is -0.743. The number of hydrogen-bond donors (Lipinski definition) is 6. The van der Waals surface area contributed by atoms with Gasteiger partial charge >= 0.3 is 15.6 Å². The average Bonchev–Trinajstić information content (AvgIpc) is 3.36. The smallest absolute Gasteiger partial charge is 0.393 e. The molecule has 34 heteroatoms. The number of phosphoric ester groups is 2. The molecule has 0 aliphatic carbocycles. The second kappa shape index (κ2) is 29.8. The molecule has 2 amide bonds. The normalized spacial score (nSPS) is 19.3. The molecule has 2 fully saturated rings. The number of aliphatic hydroxyl groups excluding tert-OH is 4. The highest BCUT2D eigenvalue weighted by Gasteiger charge is 2.41. The van der Waals surface area contributed by atoms with E-state index in [-0.39, 0.29) is 40.8 Å². The van der Waals surface area contributed by atoms with Gasteiger partial charge < -0.3 is 50.3 Å². The van der Waals surface area contributed by atoms with Crippen molar-refractivity contribution in [2.75, 3.05) is 63.4 Å². The lowest BCUT2D eigenvalue weighted by Crippen LogP contribution is -2.55. The fourth-order valence-corrected chi connectivity index (χ4v) is 14.2. The van der Waals surface area contributed by atoms with Crippen molar-refractivity contribution in [1.29, 1.82) is 0 Å². The SMILES string of the molecule is CCc1c(Cl)nc(C(=O)N[C@@H]2CCN(c3nnc([C@@H](O)CO)s3)C[C@@H]2OC)n1COP(=O)(OC(C)(C)C)OC(C)(C)C.CCc1nc(C(=O)N[C@@H]2CCN(c3nnc([C@@H](O)CO)s3)C[C@@H]2OC)n(COP(=O)(OC(C)(C)C)OC(C)(C)C)c1Cl. The second-order valence-corrected chi connectivity index (χ2v) is 29.3. The van der Waals surface area contributed by atoms with E-state index in [9.17, 15) is 39.1 Å². The Balaban J connectivity index is 0.000000307. The van der Waals surface area contributed by atoms with E-state index in [1.807, 2.05) is 23.6 Å². The second-order valence-electron chi connectivity index (χ2n) is 23.6. The molecule has 0 spiro atoms. The van der Waals surface area contributed by atoms with Crippen LogP contribution < -0.4 is 20.4 Å². The van der Waals surface area contributed by atoms with E-state index in [2.05, 4.69) is 41.0 Å². The van der Waals surface area contributed by atoms with Crippen LogP contribution in [0.1, 0.15) is 165 Å². The molecule has 2 aliphatic heterocycles. The minimum absolute atomic E-state index is 0.0149. The zero-order valence-corrected chi connectivity index (χ0v) is 55.5. The topological polar surface area (TPSA) is 341 Å². The highest BCUT2D eigenvalue weighted by molar-refractivity contribution is 7.48. The Morgan fingerprint density at radius 2 is 1.01 bits per heavy atom. The number of phosphoric acid groups is 2. The van der Waals surface area contributed by atoms with E-state index in [1.165, 1.54) is 31.8 Å². The van der Waals surface area contributed by atoms with Gasteiger partial charge in [0.05, 0.1) is 71.3 Å². The van der Waals surface area contributed by atoms with Gasteiger partial charge in [0.15, 0.2) is 5.15 Å². The lowest BCUT2D eigenvalue weighted by atomic mass is 10.0. The number of rotatable bonds is 24. The number of carbonyl (C=O) groups is 2. The van der Waals surface area contributed by atoms with Gasteiger partial charge in [-0.25, -0.2) is 19.1 Å². The average molecular weight is 1310 g/mol. The number of imidazole rings is 2. The summed E-state index contributed by atoms with van der Waals surface area (Å²) in [6.07, 6.45) is -1.07. The highest BCUT2D eigenvalue weighted by Crippen LogP contribution is 2.57. The number of aryl methyl sites for hydroxylation is 1. The fourth-order valence-electron chi connectivity index (χ4n) is 8.43. The standard InChI is InChI=1S/2C25H42ClN6O8PS/c1-9-16-19(26)28-20(32(16)14-38-41(36,39-24(2,3)4)40-25(5,6)7)21(35)27-15-10-11-31(12-18(15)37-8)23-30-29-22(42-23)17(34)13-33;1-9-15-19(26)32(14-38-41(36,39-24(2,3)4)40-25(5,6)7)20(27-15)21(35)28-16-10-11-31(12-18(16)37-8)23-30-29-22(42-23)17(34)13-33/h15,17-18,33-34H,9-14H2,1-8H3,(H,27,35);16-18,33-34H,9-14H2,1-8H3,(H,28,35)/t15-,17+,18+;16-,17+,18+/m11/s1. The van der Waals surface area contributed by atoms with Crippen LogP contribution in [0.5, 0.6) is 0 Å². The number of aromatic nitrogens is 8. The summed E-state index contributed by atoms with van der Waals surface area (Å²) in [5.41, 5.74) is -2.35. The number of amides is 2. The number of hydrogen-bond acceptors (Lipinski definition) is 26. The van der Waals surface area contributed by atoms with Crippen LogP contribution in [-0.2, 0) is 72.0 Å². The lowest BCUT2D eigenvalue weighted by Gasteiger charge is -2.37. The van der Waals surface area contributed by atoms with Crippen LogP contribution in [0.3, 0.4) is 0 Å². The third kappa shape index (κ3) is 20.3. The molecular weight excluding hydrogens is 1220 g/mol. The molecule has 0 unspecified atom stereocenters. The third-order valence-electron chi connectivity index (χ3n) is 12.0. The molecule has 0 aromatic carbocycles. The molecule has 4 aromatic heterocycles. The molecule has 2 aliphatic rings. The molecule has 6 atom stereocenters. The van der Waals surface area contributed by atoms with Crippen LogP contribution >= 0.6 is 61.5 Å². The van der Waals surface area contributed by atoms with Crippen molar-refractivity contribution in [3.8, 4) is 0 Å². The molecule has 2 saturated heterocycles. The fraction of sp³-hybridized carbons (Fsp3) is 0.760. The summed E-state index contributed by atoms with van der Waals surface area (Å²) in [5.74, 6) is -1.04. The Labute approximate surface area is 508 Å². The van der Waals surface area contributed by atoms with Gasteiger partial charge in [-0.3, -0.25) is 45.9 Å². The number of nitrogens with one attached hydrogen (secondary N) is 2. The number of nitrogens with zero attached hydrogens (tertiary/aromatic N) is 10. The van der Waals surface area contributed by atoms with Crippen molar-refractivity contribution in [1.82, 2.24) is 50.1 Å². The molecule has 0 bridgehead atoms. The number of piperidine rings is 2. The highest BCUT2D eigenvalue weighted by atomic mass is 35.5. The van der Waals surface area contributed by atoms with Crippen LogP contribution in [0.25, 0.3) is 0 Å². The molecule has 28 nitrogen and oxygen atoms in total. The van der Waals surface area contributed by atoms with Crippen LogP contribution in [0.2, 0.25) is 10.3 Å². The zero-order valence-electron chi connectivity index (χ0n) is 50.6. The Morgan fingerprint density at radius 3 is 1.36 bits per heavy atom. The van der Waals surface area contributed by atoms with Gasteiger partial charge in [0.25, 0.3) is 11.8 Å². The maximum absolute atomic E-state index is 13.6. The number of anilines is 2. The van der Waals surface area contributed by atoms with Crippen molar-refractivity contribution in [2.45, 2.75) is 195 Å². The summed E-state index contributed by atoms with van der Waals surface area (Å²) in [6.45, 7) is 24.7. The van der Waals surface area contributed by atoms with Gasteiger partial charge in [0.1, 0.15) is 40.8 Å². The van der Waals surface area contributed by atoms with E-state index in [1.54, 1.807) is 97.3 Å². The van der Waals surface area contributed by atoms with Crippen molar-refractivity contribution < 1.29 is 75.8 Å². The molecule has 84 heavy (non-hydrogen) atoms. The summed E-state index contributed by atoms with van der Waals surface area (Å²) in [4.78, 5) is 39.7. The van der Waals surface area contributed by atoms with E-state index in [4.69, 9.17) is 59.8 Å². The Kier molecular flexibility index (Phi) is 25.3. The minimum atomic E-state index is -4.09. The molecule has 0 saturated carbocycles. The first-order chi connectivity index (χ1) is 39.0. The van der Waals surface area contributed by atoms with Gasteiger partial charge in [-0.15, -0.1) is 20.4 Å². The summed E-state index contributed by atoms with van der Waals surface area (Å²) in [5, 5.41) is 62.3. The van der Waals surface area contributed by atoms with E-state index < -0.39 is 94.2 Å². The van der Waals surface area contributed by atoms with Gasteiger partial charge in [-0.05, 0) is 109 Å². The summed E-state index contributed by atoms with van der Waals surface area (Å²) < 4.78 is 75.7. The number of aliphatic hydroxyl groups is 4. The van der Waals surface area contributed by atoms with Crippen molar-refractivity contribution in [2.24, 2.45) is 0 Å². The van der Waals surface area contributed by atoms with Crippen LogP contribution in [0, 0.1) is 0 Å².